The minimum Gasteiger partial charge on any atom is -0.352 e. The average Bonchev–Trinajstić information content (AvgIpc) is 3.13. The monoisotopic (exact) mass is 440 g/mol. The summed E-state index contributed by atoms with van der Waals surface area (Å²) in [6, 6.07) is 11.2. The molecule has 1 fully saturated rings. The van der Waals surface area contributed by atoms with Gasteiger partial charge in [0.25, 0.3) is 10.0 Å². The molecule has 1 aromatic carbocycles. The smallest absolute Gasteiger partial charge is 0.252 e. The number of carbonyl (C=O) groups excluding carboxylic acids is 1. The topological polar surface area (TPSA) is 66.5 Å². The Balaban J connectivity index is 1.53. The number of halogens is 1. The maximum atomic E-state index is 12.7. The number of aryl methyl sites for hydroxylation is 1. The first-order chi connectivity index (χ1) is 13.3. The number of benzene rings is 1. The molecule has 0 unspecified atom stereocenters. The van der Waals surface area contributed by atoms with Crippen molar-refractivity contribution < 1.29 is 13.2 Å². The Hall–Kier alpha value is -1.41. The van der Waals surface area contributed by atoms with E-state index >= 15 is 0 Å². The molecule has 1 saturated heterocycles. The molecule has 28 heavy (non-hydrogen) atoms. The fraction of sp³-hybridized carbons (Fsp3) is 0.450. The Morgan fingerprint density at radius 1 is 1.29 bits per heavy atom. The molecule has 1 aromatic heterocycles. The molecule has 0 aliphatic carbocycles. The highest BCUT2D eigenvalue weighted by Crippen LogP contribution is 2.32. The Bertz CT molecular complexity index is 934. The van der Waals surface area contributed by atoms with Crippen molar-refractivity contribution >= 4 is 38.9 Å². The second kappa shape index (κ2) is 8.95. The lowest BCUT2D eigenvalue weighted by Gasteiger charge is -2.33. The van der Waals surface area contributed by atoms with Crippen LogP contribution in [0, 0.1) is 18.8 Å². The van der Waals surface area contributed by atoms with E-state index in [1.807, 2.05) is 32.0 Å². The Morgan fingerprint density at radius 2 is 2.00 bits per heavy atom. The van der Waals surface area contributed by atoms with Gasteiger partial charge in [-0.3, -0.25) is 4.79 Å². The summed E-state index contributed by atoms with van der Waals surface area (Å²) in [5, 5.41) is 3.01. The Labute approximate surface area is 175 Å². The lowest BCUT2D eigenvalue weighted by atomic mass is 9.85. The molecule has 8 heteroatoms. The van der Waals surface area contributed by atoms with Crippen molar-refractivity contribution in [3.05, 3.63) is 51.9 Å². The molecule has 152 valence electrons. The number of piperidine rings is 1. The number of nitrogens with zero attached hydrogens (tertiary/aromatic N) is 1. The first kappa shape index (κ1) is 21.3. The summed E-state index contributed by atoms with van der Waals surface area (Å²) in [4.78, 5) is 12.5. The summed E-state index contributed by atoms with van der Waals surface area (Å²) < 4.78 is 27.6. The van der Waals surface area contributed by atoms with E-state index in [-0.39, 0.29) is 22.0 Å². The second-order valence-corrected chi connectivity index (χ2v) is 11.2. The van der Waals surface area contributed by atoms with E-state index < -0.39 is 10.0 Å². The Kier molecular flexibility index (Phi) is 6.81. The molecule has 1 aliphatic rings. The molecule has 0 radical (unpaired) electrons. The van der Waals surface area contributed by atoms with E-state index in [1.165, 1.54) is 9.87 Å². The number of amides is 1. The van der Waals surface area contributed by atoms with Crippen molar-refractivity contribution in [3.8, 4) is 0 Å². The first-order valence-electron chi connectivity index (χ1n) is 9.36. The van der Waals surface area contributed by atoms with Gasteiger partial charge in [-0.1, -0.05) is 48.4 Å². The van der Waals surface area contributed by atoms with Gasteiger partial charge in [0.1, 0.15) is 4.21 Å². The van der Waals surface area contributed by atoms with Crippen LogP contribution in [0.15, 0.2) is 40.6 Å². The summed E-state index contributed by atoms with van der Waals surface area (Å²) in [6.07, 6.45) is 1.36. The fourth-order valence-corrected chi connectivity index (χ4v) is 6.67. The molecule has 3 rings (SSSR count). The van der Waals surface area contributed by atoms with Crippen molar-refractivity contribution in [1.82, 2.24) is 9.62 Å². The third kappa shape index (κ3) is 4.95. The molecule has 1 atom stereocenters. The maximum Gasteiger partial charge on any atom is 0.252 e. The maximum absolute atomic E-state index is 12.7. The molecule has 2 heterocycles. The SMILES string of the molecule is Cc1cccc(CNC(=O)[C@H](C)C2CCN(S(=O)(=O)c3ccc(Cl)s3)CC2)c1. The van der Waals surface area contributed by atoms with Gasteiger partial charge in [0, 0.05) is 25.6 Å². The lowest BCUT2D eigenvalue weighted by Crippen LogP contribution is -2.42. The van der Waals surface area contributed by atoms with Gasteiger partial charge >= 0.3 is 0 Å². The first-order valence-corrected chi connectivity index (χ1v) is 12.0. The highest BCUT2D eigenvalue weighted by atomic mass is 35.5. The van der Waals surface area contributed by atoms with E-state index in [4.69, 9.17) is 11.6 Å². The minimum absolute atomic E-state index is 0.0212. The molecule has 2 aromatic rings. The second-order valence-electron chi connectivity index (χ2n) is 7.30. The molecule has 0 spiro atoms. The highest BCUT2D eigenvalue weighted by Gasteiger charge is 2.34. The third-order valence-electron chi connectivity index (χ3n) is 5.31. The van der Waals surface area contributed by atoms with E-state index in [0.29, 0.717) is 36.8 Å². The van der Waals surface area contributed by atoms with Gasteiger partial charge < -0.3 is 5.32 Å². The number of nitrogens with one attached hydrogen (secondary N) is 1. The molecular formula is C20H25ClN2O3S2. The van der Waals surface area contributed by atoms with E-state index in [0.717, 1.165) is 16.9 Å². The van der Waals surface area contributed by atoms with Gasteiger partial charge in [-0.25, -0.2) is 8.42 Å². The summed E-state index contributed by atoms with van der Waals surface area (Å²) in [5.41, 5.74) is 2.25. The van der Waals surface area contributed by atoms with Gasteiger partial charge in [0.15, 0.2) is 0 Å². The normalized spacial score (nSPS) is 17.4. The van der Waals surface area contributed by atoms with Crippen LogP contribution in [-0.2, 0) is 21.4 Å². The minimum atomic E-state index is -3.49. The third-order valence-corrected chi connectivity index (χ3v) is 8.91. The van der Waals surface area contributed by atoms with Crippen molar-refractivity contribution in [1.29, 1.82) is 0 Å². The van der Waals surface area contributed by atoms with Gasteiger partial charge in [-0.15, -0.1) is 11.3 Å². The van der Waals surface area contributed by atoms with E-state index in [1.54, 1.807) is 12.1 Å². The number of sulfonamides is 1. The van der Waals surface area contributed by atoms with Crippen LogP contribution in [0.5, 0.6) is 0 Å². The van der Waals surface area contributed by atoms with Crippen LogP contribution in [-0.4, -0.2) is 31.7 Å². The summed E-state index contributed by atoms with van der Waals surface area (Å²) >= 11 is 6.96. The number of hydrogen-bond acceptors (Lipinski definition) is 4. The van der Waals surface area contributed by atoms with Gasteiger partial charge in [-0.05, 0) is 43.4 Å². The van der Waals surface area contributed by atoms with Crippen LogP contribution in [0.4, 0.5) is 0 Å². The van der Waals surface area contributed by atoms with Crippen LogP contribution < -0.4 is 5.32 Å². The van der Waals surface area contributed by atoms with E-state index in [2.05, 4.69) is 11.4 Å². The van der Waals surface area contributed by atoms with Crippen molar-refractivity contribution in [2.24, 2.45) is 11.8 Å². The standard InChI is InChI=1S/C20H25ClN2O3S2/c1-14-4-3-5-16(12-14)13-22-20(24)15(2)17-8-10-23(11-9-17)28(25,26)19-7-6-18(21)27-19/h3-7,12,15,17H,8-11,13H2,1-2H3,(H,22,24)/t15-/m1/s1. The van der Waals surface area contributed by atoms with Gasteiger partial charge in [0.05, 0.1) is 4.34 Å². The van der Waals surface area contributed by atoms with E-state index in [9.17, 15) is 13.2 Å². The quantitative estimate of drug-likeness (QED) is 0.736. The predicted octanol–water partition coefficient (Wildman–Crippen LogP) is 4.06. The molecule has 0 saturated carbocycles. The largest absolute Gasteiger partial charge is 0.352 e. The summed E-state index contributed by atoms with van der Waals surface area (Å²) in [6.45, 7) is 5.33. The zero-order valence-corrected chi connectivity index (χ0v) is 18.4. The van der Waals surface area contributed by atoms with Crippen LogP contribution in [0.25, 0.3) is 0 Å². The molecule has 0 bridgehead atoms. The molecule has 1 aliphatic heterocycles. The Morgan fingerprint density at radius 3 is 2.61 bits per heavy atom. The van der Waals surface area contributed by atoms with Gasteiger partial charge in [0.2, 0.25) is 5.91 Å². The number of hydrogen-bond donors (Lipinski definition) is 1. The van der Waals surface area contributed by atoms with Gasteiger partial charge in [-0.2, -0.15) is 4.31 Å². The molecule has 1 N–H and O–H groups in total. The number of thiophene rings is 1. The lowest BCUT2D eigenvalue weighted by molar-refractivity contribution is -0.126. The van der Waals surface area contributed by atoms with Crippen LogP contribution in [0.3, 0.4) is 0 Å². The van der Waals surface area contributed by atoms with Crippen molar-refractivity contribution in [2.75, 3.05) is 13.1 Å². The van der Waals surface area contributed by atoms with Crippen molar-refractivity contribution in [2.45, 2.75) is 37.4 Å². The number of rotatable bonds is 6. The zero-order valence-electron chi connectivity index (χ0n) is 16.0. The molecule has 1 amide bonds. The predicted molar refractivity (Wildman–Crippen MR) is 113 cm³/mol. The summed E-state index contributed by atoms with van der Waals surface area (Å²) in [5.74, 6) is 0.0505. The molecule has 5 nitrogen and oxygen atoms in total. The summed E-state index contributed by atoms with van der Waals surface area (Å²) in [7, 11) is -3.49. The highest BCUT2D eigenvalue weighted by molar-refractivity contribution is 7.91. The average molecular weight is 441 g/mol. The molecular weight excluding hydrogens is 416 g/mol. The van der Waals surface area contributed by atoms with Crippen LogP contribution in [0.1, 0.15) is 30.9 Å². The van der Waals surface area contributed by atoms with Crippen LogP contribution in [0.2, 0.25) is 4.34 Å². The zero-order chi connectivity index (χ0) is 20.3. The van der Waals surface area contributed by atoms with Crippen molar-refractivity contribution in [3.63, 3.8) is 0 Å². The number of carbonyl (C=O) groups is 1. The fourth-order valence-electron chi connectivity index (χ4n) is 3.57. The van der Waals surface area contributed by atoms with Crippen LogP contribution >= 0.6 is 22.9 Å².